The van der Waals surface area contributed by atoms with Crippen LogP contribution in [0, 0.1) is 13.8 Å². The van der Waals surface area contributed by atoms with Crippen LogP contribution in [0.5, 0.6) is 0 Å². The largest absolute Gasteiger partial charge is 0.376 e. The number of nitrogens with zero attached hydrogens (tertiary/aromatic N) is 4. The van der Waals surface area contributed by atoms with Crippen LogP contribution in [-0.4, -0.2) is 44.5 Å². The first-order valence-corrected chi connectivity index (χ1v) is 9.50. The van der Waals surface area contributed by atoms with Crippen molar-refractivity contribution >= 4 is 5.91 Å². The van der Waals surface area contributed by atoms with Gasteiger partial charge >= 0.3 is 0 Å². The minimum atomic E-state index is -0.247. The zero-order chi connectivity index (χ0) is 19.4. The van der Waals surface area contributed by atoms with Crippen molar-refractivity contribution < 1.29 is 9.53 Å². The van der Waals surface area contributed by atoms with Gasteiger partial charge in [0.25, 0.3) is 5.56 Å². The van der Waals surface area contributed by atoms with Gasteiger partial charge in [0.05, 0.1) is 11.8 Å². The Balaban J connectivity index is 1.87. The zero-order valence-corrected chi connectivity index (χ0v) is 16.2. The lowest BCUT2D eigenvalue weighted by atomic mass is 10.2. The summed E-state index contributed by atoms with van der Waals surface area (Å²) < 4.78 is 8.53. The van der Waals surface area contributed by atoms with Gasteiger partial charge in [-0.15, -0.1) is 0 Å². The summed E-state index contributed by atoms with van der Waals surface area (Å²) in [5.41, 5.74) is 2.16. The van der Waals surface area contributed by atoms with E-state index in [2.05, 4.69) is 15.4 Å². The molecule has 1 atom stereocenters. The van der Waals surface area contributed by atoms with E-state index in [1.807, 2.05) is 26.8 Å². The normalized spacial score (nSPS) is 16.6. The maximum atomic E-state index is 12.7. The SMILES string of the molecule is CCCc1cc(=O)n(CC(=O)NC[C@H]2CCCO2)c(-n2nc(C)cc2C)n1. The lowest BCUT2D eigenvalue weighted by molar-refractivity contribution is -0.122. The van der Waals surface area contributed by atoms with Crippen molar-refractivity contribution in [3.8, 4) is 5.95 Å². The van der Waals surface area contributed by atoms with Crippen LogP contribution in [0.3, 0.4) is 0 Å². The number of hydrogen-bond acceptors (Lipinski definition) is 5. The zero-order valence-electron chi connectivity index (χ0n) is 16.2. The third-order valence-electron chi connectivity index (χ3n) is 4.60. The lowest BCUT2D eigenvalue weighted by Gasteiger charge is -2.15. The Labute approximate surface area is 158 Å². The summed E-state index contributed by atoms with van der Waals surface area (Å²) in [4.78, 5) is 29.7. The van der Waals surface area contributed by atoms with E-state index in [0.29, 0.717) is 24.6 Å². The van der Waals surface area contributed by atoms with Crippen LogP contribution < -0.4 is 10.9 Å². The van der Waals surface area contributed by atoms with Crippen LogP contribution in [-0.2, 0) is 22.5 Å². The van der Waals surface area contributed by atoms with Gasteiger partial charge in [-0.25, -0.2) is 9.67 Å². The van der Waals surface area contributed by atoms with Gasteiger partial charge in [-0.3, -0.25) is 14.2 Å². The summed E-state index contributed by atoms with van der Waals surface area (Å²) in [6.45, 7) is 6.93. The molecular formula is C19H27N5O3. The number of aromatic nitrogens is 4. The highest BCUT2D eigenvalue weighted by atomic mass is 16.5. The first-order valence-electron chi connectivity index (χ1n) is 9.50. The summed E-state index contributed by atoms with van der Waals surface area (Å²) in [7, 11) is 0. The molecule has 1 aliphatic heterocycles. The first-order chi connectivity index (χ1) is 13.0. The molecule has 1 amide bonds. The molecular weight excluding hydrogens is 346 g/mol. The standard InChI is InChI=1S/C19H27N5O3/c1-4-6-15-10-18(26)23(12-17(25)20-11-16-7-5-8-27-16)19(21-15)24-14(3)9-13(2)22-24/h9-10,16H,4-8,11-12H2,1-3H3,(H,20,25)/t16-/m1/s1. The fourth-order valence-corrected chi connectivity index (χ4v) is 3.30. The predicted molar refractivity (Wildman–Crippen MR) is 101 cm³/mol. The van der Waals surface area contributed by atoms with E-state index in [1.54, 1.807) is 4.68 Å². The third-order valence-corrected chi connectivity index (χ3v) is 4.60. The van der Waals surface area contributed by atoms with Gasteiger partial charge in [0.15, 0.2) is 0 Å². The summed E-state index contributed by atoms with van der Waals surface area (Å²) in [6.07, 6.45) is 3.61. The monoisotopic (exact) mass is 373 g/mol. The number of hydrogen-bond donors (Lipinski definition) is 1. The van der Waals surface area contributed by atoms with Gasteiger partial charge in [0.2, 0.25) is 11.9 Å². The van der Waals surface area contributed by atoms with E-state index in [1.165, 1.54) is 10.6 Å². The van der Waals surface area contributed by atoms with E-state index in [9.17, 15) is 9.59 Å². The van der Waals surface area contributed by atoms with Crippen LogP contribution in [0.4, 0.5) is 0 Å². The molecule has 0 spiro atoms. The first kappa shape index (κ1) is 19.3. The Kier molecular flexibility index (Phi) is 6.05. The predicted octanol–water partition coefficient (Wildman–Crippen LogP) is 1.29. The van der Waals surface area contributed by atoms with Crippen LogP contribution in [0.25, 0.3) is 5.95 Å². The molecule has 0 unspecified atom stereocenters. The highest BCUT2D eigenvalue weighted by Gasteiger charge is 2.19. The Bertz CT molecular complexity index is 865. The number of carbonyl (C=O) groups excluding carboxylic acids is 1. The van der Waals surface area contributed by atoms with E-state index >= 15 is 0 Å². The second-order valence-electron chi connectivity index (χ2n) is 7.00. The van der Waals surface area contributed by atoms with Crippen molar-refractivity contribution in [2.45, 2.75) is 59.1 Å². The van der Waals surface area contributed by atoms with E-state index < -0.39 is 0 Å². The number of rotatable bonds is 7. The second-order valence-corrected chi connectivity index (χ2v) is 7.00. The topological polar surface area (TPSA) is 91.0 Å². The molecule has 1 fully saturated rings. The van der Waals surface area contributed by atoms with Gasteiger partial charge in [0.1, 0.15) is 6.54 Å². The van der Waals surface area contributed by atoms with E-state index in [-0.39, 0.29) is 24.1 Å². The van der Waals surface area contributed by atoms with Gasteiger partial charge in [-0.2, -0.15) is 5.10 Å². The molecule has 2 aromatic rings. The number of carbonyl (C=O) groups is 1. The van der Waals surface area contributed by atoms with Crippen molar-refractivity contribution in [2.24, 2.45) is 0 Å². The van der Waals surface area contributed by atoms with Gasteiger partial charge in [-0.1, -0.05) is 13.3 Å². The maximum Gasteiger partial charge on any atom is 0.255 e. The Morgan fingerprint density at radius 1 is 1.37 bits per heavy atom. The van der Waals surface area contributed by atoms with Crippen molar-refractivity contribution in [2.75, 3.05) is 13.2 Å². The van der Waals surface area contributed by atoms with Gasteiger partial charge in [0, 0.05) is 30.6 Å². The van der Waals surface area contributed by atoms with Gasteiger partial charge in [-0.05, 0) is 39.2 Å². The Morgan fingerprint density at radius 3 is 2.81 bits per heavy atom. The van der Waals surface area contributed by atoms with Crippen LogP contribution >= 0.6 is 0 Å². The molecule has 0 radical (unpaired) electrons. The summed E-state index contributed by atoms with van der Waals surface area (Å²) in [6, 6.07) is 3.42. The molecule has 27 heavy (non-hydrogen) atoms. The molecule has 0 bridgehead atoms. The minimum Gasteiger partial charge on any atom is -0.376 e. The number of aryl methyl sites for hydroxylation is 3. The Morgan fingerprint density at radius 2 is 2.19 bits per heavy atom. The number of amides is 1. The Hall–Kier alpha value is -2.48. The molecule has 1 saturated heterocycles. The molecule has 3 heterocycles. The van der Waals surface area contributed by atoms with Crippen LogP contribution in [0.2, 0.25) is 0 Å². The van der Waals surface area contributed by atoms with Gasteiger partial charge < -0.3 is 10.1 Å². The number of ether oxygens (including phenoxy) is 1. The summed E-state index contributed by atoms with van der Waals surface area (Å²) in [5.74, 6) is 0.143. The van der Waals surface area contributed by atoms with Crippen LogP contribution in [0.15, 0.2) is 16.9 Å². The van der Waals surface area contributed by atoms with Crippen LogP contribution in [0.1, 0.15) is 43.3 Å². The summed E-state index contributed by atoms with van der Waals surface area (Å²) >= 11 is 0. The van der Waals surface area contributed by atoms with Crippen molar-refractivity contribution in [1.29, 1.82) is 0 Å². The number of nitrogens with one attached hydrogen (secondary N) is 1. The molecule has 1 aliphatic rings. The van der Waals surface area contributed by atoms with Crippen molar-refractivity contribution in [1.82, 2.24) is 24.6 Å². The molecule has 3 rings (SSSR count). The molecule has 146 valence electrons. The second kappa shape index (κ2) is 8.47. The van der Waals surface area contributed by atoms with Crippen molar-refractivity contribution in [3.05, 3.63) is 39.6 Å². The fourth-order valence-electron chi connectivity index (χ4n) is 3.30. The highest BCUT2D eigenvalue weighted by Crippen LogP contribution is 2.12. The molecule has 8 nitrogen and oxygen atoms in total. The maximum absolute atomic E-state index is 12.7. The summed E-state index contributed by atoms with van der Waals surface area (Å²) in [5, 5.41) is 7.30. The quantitative estimate of drug-likeness (QED) is 0.790. The lowest BCUT2D eigenvalue weighted by Crippen LogP contribution is -2.38. The van der Waals surface area contributed by atoms with E-state index in [4.69, 9.17) is 4.74 Å². The smallest absolute Gasteiger partial charge is 0.255 e. The fraction of sp³-hybridized carbons (Fsp3) is 0.579. The molecule has 0 aromatic carbocycles. The molecule has 2 aromatic heterocycles. The molecule has 8 heteroatoms. The molecule has 0 aliphatic carbocycles. The highest BCUT2D eigenvalue weighted by molar-refractivity contribution is 5.75. The third kappa shape index (κ3) is 4.63. The molecule has 0 saturated carbocycles. The van der Waals surface area contributed by atoms with E-state index in [0.717, 1.165) is 37.3 Å². The average molecular weight is 373 g/mol. The van der Waals surface area contributed by atoms with Crippen molar-refractivity contribution in [3.63, 3.8) is 0 Å². The average Bonchev–Trinajstić information content (AvgIpc) is 3.25. The minimum absolute atomic E-state index is 0.0613. The molecule has 1 N–H and O–H groups in total.